The van der Waals surface area contributed by atoms with Crippen LogP contribution in [0.4, 0.5) is 0 Å². The molecule has 1 aliphatic heterocycles. The molecule has 0 radical (unpaired) electrons. The van der Waals surface area contributed by atoms with Crippen molar-refractivity contribution in [2.45, 2.75) is 13.3 Å². The molecule has 0 unspecified atom stereocenters. The number of rotatable bonds is 1. The van der Waals surface area contributed by atoms with Crippen LogP contribution >= 0.6 is 0 Å². The smallest absolute Gasteiger partial charge is 0.148 e. The van der Waals surface area contributed by atoms with E-state index in [0.29, 0.717) is 0 Å². The van der Waals surface area contributed by atoms with E-state index in [4.69, 9.17) is 9.47 Å². The van der Waals surface area contributed by atoms with Crippen molar-refractivity contribution in [1.29, 1.82) is 0 Å². The number of ether oxygens (including phenoxy) is 2. The summed E-state index contributed by atoms with van der Waals surface area (Å²) in [5, 5.41) is 2.17. The maximum Gasteiger partial charge on any atom is 0.148 e. The molecule has 1 aliphatic rings. The Hall–Kier alpha value is -1.77. The van der Waals surface area contributed by atoms with E-state index in [1.807, 2.05) is 6.92 Å². The standard InChI is InChI=1S/C13H13NO2/c1-8-10-4-3-9-5-6-16-13(9)12(10)11(15-2)7-14-8/h3-4,7H,5-6H2,1-2H3. The Labute approximate surface area is 94.0 Å². The van der Waals surface area contributed by atoms with E-state index < -0.39 is 0 Å². The highest BCUT2D eigenvalue weighted by atomic mass is 16.5. The van der Waals surface area contributed by atoms with Crippen molar-refractivity contribution in [2.24, 2.45) is 0 Å². The first-order valence-electron chi connectivity index (χ1n) is 5.39. The molecule has 0 aliphatic carbocycles. The third-order valence-corrected chi connectivity index (χ3v) is 3.09. The Bertz CT molecular complexity index is 563. The first kappa shape index (κ1) is 9.46. The molecule has 1 aromatic heterocycles. The monoisotopic (exact) mass is 215 g/mol. The molecule has 2 heterocycles. The van der Waals surface area contributed by atoms with Gasteiger partial charge in [-0.15, -0.1) is 0 Å². The van der Waals surface area contributed by atoms with Gasteiger partial charge in [0.1, 0.15) is 11.5 Å². The molecule has 82 valence electrons. The van der Waals surface area contributed by atoms with Crippen molar-refractivity contribution in [3.05, 3.63) is 29.6 Å². The molecule has 0 N–H and O–H groups in total. The third kappa shape index (κ3) is 1.18. The number of hydrogen-bond acceptors (Lipinski definition) is 3. The van der Waals surface area contributed by atoms with E-state index in [-0.39, 0.29) is 0 Å². The van der Waals surface area contributed by atoms with Crippen molar-refractivity contribution in [1.82, 2.24) is 4.98 Å². The van der Waals surface area contributed by atoms with E-state index in [9.17, 15) is 0 Å². The highest BCUT2D eigenvalue weighted by molar-refractivity contribution is 5.96. The van der Waals surface area contributed by atoms with Gasteiger partial charge in [0.25, 0.3) is 0 Å². The number of aromatic nitrogens is 1. The molecule has 0 saturated heterocycles. The second-order valence-corrected chi connectivity index (χ2v) is 3.99. The maximum atomic E-state index is 5.70. The van der Waals surface area contributed by atoms with Gasteiger partial charge in [-0.3, -0.25) is 4.98 Å². The van der Waals surface area contributed by atoms with Crippen LogP contribution in [0.25, 0.3) is 10.8 Å². The zero-order valence-corrected chi connectivity index (χ0v) is 9.41. The summed E-state index contributed by atoms with van der Waals surface area (Å²) < 4.78 is 11.1. The first-order chi connectivity index (χ1) is 7.81. The van der Waals surface area contributed by atoms with Crippen molar-refractivity contribution in [3.8, 4) is 11.5 Å². The Morgan fingerprint density at radius 3 is 3.06 bits per heavy atom. The predicted octanol–water partition coefficient (Wildman–Crippen LogP) is 2.49. The number of methoxy groups -OCH3 is 1. The lowest BCUT2D eigenvalue weighted by molar-refractivity contribution is 0.358. The van der Waals surface area contributed by atoms with Gasteiger partial charge in [-0.2, -0.15) is 0 Å². The van der Waals surface area contributed by atoms with Crippen LogP contribution in [0.1, 0.15) is 11.3 Å². The highest BCUT2D eigenvalue weighted by Gasteiger charge is 2.19. The predicted molar refractivity (Wildman–Crippen MR) is 62.2 cm³/mol. The number of benzene rings is 1. The molecule has 0 saturated carbocycles. The quantitative estimate of drug-likeness (QED) is 0.732. The van der Waals surface area contributed by atoms with Crippen molar-refractivity contribution < 1.29 is 9.47 Å². The zero-order chi connectivity index (χ0) is 11.1. The largest absolute Gasteiger partial charge is 0.494 e. The number of pyridine rings is 1. The van der Waals surface area contributed by atoms with Crippen molar-refractivity contribution in [3.63, 3.8) is 0 Å². The molecule has 1 aromatic carbocycles. The van der Waals surface area contributed by atoms with Crippen LogP contribution in [-0.4, -0.2) is 18.7 Å². The lowest BCUT2D eigenvalue weighted by Gasteiger charge is -2.10. The van der Waals surface area contributed by atoms with E-state index >= 15 is 0 Å². The molecule has 3 rings (SSSR count). The maximum absolute atomic E-state index is 5.70. The van der Waals surface area contributed by atoms with E-state index in [1.54, 1.807) is 13.3 Å². The second-order valence-electron chi connectivity index (χ2n) is 3.99. The van der Waals surface area contributed by atoms with Crippen LogP contribution in [0.15, 0.2) is 18.3 Å². The fourth-order valence-electron chi connectivity index (χ4n) is 2.24. The van der Waals surface area contributed by atoms with Gasteiger partial charge in [-0.05, 0) is 12.5 Å². The SMILES string of the molecule is COc1cnc(C)c2ccc3c(c12)OCC3. The van der Waals surface area contributed by atoms with Gasteiger partial charge in [0.05, 0.1) is 25.3 Å². The molecule has 16 heavy (non-hydrogen) atoms. The molecule has 2 aromatic rings. The van der Waals surface area contributed by atoms with Crippen molar-refractivity contribution in [2.75, 3.05) is 13.7 Å². The summed E-state index contributed by atoms with van der Waals surface area (Å²) >= 11 is 0. The summed E-state index contributed by atoms with van der Waals surface area (Å²) in [5.41, 5.74) is 2.27. The summed E-state index contributed by atoms with van der Waals surface area (Å²) in [7, 11) is 1.67. The Balaban J connectivity index is 2.45. The molecule has 0 fully saturated rings. The third-order valence-electron chi connectivity index (χ3n) is 3.09. The van der Waals surface area contributed by atoms with Crippen molar-refractivity contribution >= 4 is 10.8 Å². The molecular weight excluding hydrogens is 202 g/mol. The van der Waals surface area contributed by atoms with E-state index in [0.717, 1.165) is 41.0 Å². The van der Waals surface area contributed by atoms with E-state index in [1.165, 1.54) is 5.56 Å². The number of nitrogens with zero attached hydrogens (tertiary/aromatic N) is 1. The van der Waals surface area contributed by atoms with Crippen LogP contribution < -0.4 is 9.47 Å². The van der Waals surface area contributed by atoms with Crippen LogP contribution in [-0.2, 0) is 6.42 Å². The average Bonchev–Trinajstić information content (AvgIpc) is 2.77. The summed E-state index contributed by atoms with van der Waals surface area (Å²) in [5.74, 6) is 1.76. The summed E-state index contributed by atoms with van der Waals surface area (Å²) in [6, 6.07) is 4.23. The summed E-state index contributed by atoms with van der Waals surface area (Å²) in [6.07, 6.45) is 2.75. The fraction of sp³-hybridized carbons (Fsp3) is 0.308. The second kappa shape index (κ2) is 3.37. The molecule has 0 spiro atoms. The first-order valence-corrected chi connectivity index (χ1v) is 5.39. The fourth-order valence-corrected chi connectivity index (χ4v) is 2.24. The van der Waals surface area contributed by atoms with Gasteiger partial charge in [-0.1, -0.05) is 12.1 Å². The Kier molecular flexibility index (Phi) is 1.99. The summed E-state index contributed by atoms with van der Waals surface area (Å²) in [4.78, 5) is 4.32. The number of aryl methyl sites for hydroxylation is 1. The lowest BCUT2D eigenvalue weighted by Crippen LogP contribution is -1.93. The summed E-state index contributed by atoms with van der Waals surface area (Å²) in [6.45, 7) is 2.77. The topological polar surface area (TPSA) is 31.4 Å². The van der Waals surface area contributed by atoms with Gasteiger partial charge in [0.15, 0.2) is 0 Å². The molecule has 0 atom stereocenters. The minimum absolute atomic E-state index is 0.763. The van der Waals surface area contributed by atoms with Gasteiger partial charge in [-0.25, -0.2) is 0 Å². The number of hydrogen-bond donors (Lipinski definition) is 0. The van der Waals surface area contributed by atoms with Crippen LogP contribution in [0.2, 0.25) is 0 Å². The Morgan fingerprint density at radius 2 is 2.25 bits per heavy atom. The average molecular weight is 215 g/mol. The van der Waals surface area contributed by atoms with E-state index in [2.05, 4.69) is 17.1 Å². The molecule has 3 nitrogen and oxygen atoms in total. The molecule has 0 amide bonds. The zero-order valence-electron chi connectivity index (χ0n) is 9.41. The minimum atomic E-state index is 0.763. The van der Waals surface area contributed by atoms with Gasteiger partial charge in [0, 0.05) is 17.5 Å². The van der Waals surface area contributed by atoms with Gasteiger partial charge >= 0.3 is 0 Å². The molecule has 3 heteroatoms. The van der Waals surface area contributed by atoms with Crippen LogP contribution in [0, 0.1) is 6.92 Å². The minimum Gasteiger partial charge on any atom is -0.494 e. The van der Waals surface area contributed by atoms with Gasteiger partial charge < -0.3 is 9.47 Å². The normalized spacial score (nSPS) is 13.6. The van der Waals surface area contributed by atoms with Crippen LogP contribution in [0.3, 0.4) is 0 Å². The molecule has 0 bridgehead atoms. The van der Waals surface area contributed by atoms with Crippen LogP contribution in [0.5, 0.6) is 11.5 Å². The number of fused-ring (bicyclic) bond motifs is 3. The lowest BCUT2D eigenvalue weighted by atomic mass is 10.0. The Morgan fingerprint density at radius 1 is 1.38 bits per heavy atom. The highest BCUT2D eigenvalue weighted by Crippen LogP contribution is 2.39. The van der Waals surface area contributed by atoms with Gasteiger partial charge in [0.2, 0.25) is 0 Å². The molecular formula is C13H13NO2.